The Morgan fingerprint density at radius 3 is 2.04 bits per heavy atom. The first-order chi connectivity index (χ1) is 11.2. The molecule has 1 aromatic carbocycles. The second-order valence-electron chi connectivity index (χ2n) is 5.16. The van der Waals surface area contributed by atoms with Crippen LogP contribution in [0.25, 0.3) is 0 Å². The summed E-state index contributed by atoms with van der Waals surface area (Å²) in [6.07, 6.45) is 20.7. The van der Waals surface area contributed by atoms with Gasteiger partial charge in [0, 0.05) is 11.5 Å². The molecule has 2 N–H and O–H groups in total. The Bertz CT molecular complexity index is 648. The molecule has 3 nitrogen and oxygen atoms in total. The molecule has 24 heavy (non-hydrogen) atoms. The zero-order valence-electron chi connectivity index (χ0n) is 13.1. The monoisotopic (exact) mass is 362 g/mol. The van der Waals surface area contributed by atoms with Gasteiger partial charge in [0.15, 0.2) is 5.78 Å². The van der Waals surface area contributed by atoms with E-state index in [-0.39, 0.29) is 28.8 Å². The minimum Gasteiger partial charge on any atom is -0.423 e. The van der Waals surface area contributed by atoms with E-state index in [2.05, 4.69) is 24.3 Å². The Kier molecular flexibility index (Phi) is 9.06. The molecular formula is C19H19BFeO3+2. The van der Waals surface area contributed by atoms with E-state index in [1.807, 2.05) is 30.4 Å². The maximum absolute atomic E-state index is 11.8. The zero-order valence-corrected chi connectivity index (χ0v) is 14.2. The van der Waals surface area contributed by atoms with Crippen LogP contribution in [0, 0.1) is 5.92 Å². The molecule has 0 spiro atoms. The van der Waals surface area contributed by atoms with Crippen LogP contribution >= 0.6 is 0 Å². The topological polar surface area (TPSA) is 57.5 Å². The molecule has 2 aliphatic rings. The van der Waals surface area contributed by atoms with Crippen molar-refractivity contribution in [1.29, 1.82) is 0 Å². The van der Waals surface area contributed by atoms with Crippen LogP contribution in [0.2, 0.25) is 0 Å². The molecular weight excluding hydrogens is 343 g/mol. The van der Waals surface area contributed by atoms with Crippen LogP contribution in [0.5, 0.6) is 0 Å². The van der Waals surface area contributed by atoms with Gasteiger partial charge in [-0.2, -0.15) is 0 Å². The van der Waals surface area contributed by atoms with Gasteiger partial charge in [-0.25, -0.2) is 0 Å². The number of benzene rings is 1. The number of ketones is 1. The summed E-state index contributed by atoms with van der Waals surface area (Å²) < 4.78 is 0. The van der Waals surface area contributed by atoms with Crippen LogP contribution in [-0.4, -0.2) is 22.9 Å². The summed E-state index contributed by atoms with van der Waals surface area (Å²) in [5.74, 6) is 0.0927. The molecule has 0 unspecified atom stereocenters. The third-order valence-electron chi connectivity index (χ3n) is 3.40. The third kappa shape index (κ3) is 6.69. The first-order valence-corrected chi connectivity index (χ1v) is 7.52. The van der Waals surface area contributed by atoms with Gasteiger partial charge in [-0.05, 0) is 18.0 Å². The van der Waals surface area contributed by atoms with E-state index in [1.54, 1.807) is 12.1 Å². The number of carbonyl (C=O) groups excluding carboxylic acids is 1. The van der Waals surface area contributed by atoms with Gasteiger partial charge in [0.2, 0.25) is 0 Å². The average molecular weight is 362 g/mol. The Balaban J connectivity index is 0.000000412. The summed E-state index contributed by atoms with van der Waals surface area (Å²) in [6, 6.07) is 6.23. The van der Waals surface area contributed by atoms with E-state index in [0.717, 1.165) is 6.42 Å². The van der Waals surface area contributed by atoms with Crippen LogP contribution in [0.15, 0.2) is 85.0 Å². The van der Waals surface area contributed by atoms with E-state index >= 15 is 0 Å². The fraction of sp³-hybridized carbons (Fsp3) is 0.105. The van der Waals surface area contributed by atoms with Crippen LogP contribution in [-0.2, 0) is 17.1 Å². The molecule has 0 bridgehead atoms. The van der Waals surface area contributed by atoms with Crippen molar-refractivity contribution in [3.8, 4) is 0 Å². The Labute approximate surface area is 153 Å². The standard InChI is InChI=1S/C14H13BO3.C5H6.Fe/c16-14(10-5-11-3-1-2-4-11)12-6-8-13(9-7-12)15(17)18;1-2-4-5-3-1;/h1-11,17-18H;1-4H,5H2;/q;;+2/b10-5+;;. The van der Waals surface area contributed by atoms with Crippen molar-refractivity contribution in [2.75, 3.05) is 0 Å². The average Bonchev–Trinajstić information content (AvgIpc) is 3.28. The van der Waals surface area contributed by atoms with Gasteiger partial charge in [-0.1, -0.05) is 78.9 Å². The smallest absolute Gasteiger partial charge is 0.423 e. The van der Waals surface area contributed by atoms with Crippen LogP contribution < -0.4 is 5.46 Å². The maximum atomic E-state index is 11.8. The summed E-state index contributed by atoms with van der Waals surface area (Å²) in [5.41, 5.74) is 0.902. The predicted octanol–water partition coefficient (Wildman–Crippen LogP) is 2.35. The molecule has 2 aliphatic carbocycles. The van der Waals surface area contributed by atoms with Gasteiger partial charge in [0.25, 0.3) is 0 Å². The Hall–Kier alpha value is -1.91. The maximum Gasteiger partial charge on any atom is 2.00 e. The molecule has 0 fully saturated rings. The molecule has 1 aromatic rings. The van der Waals surface area contributed by atoms with Gasteiger partial charge in [-0.15, -0.1) is 0 Å². The van der Waals surface area contributed by atoms with Crippen molar-refractivity contribution >= 4 is 18.4 Å². The minimum absolute atomic E-state index is 0. The fourth-order valence-electron chi connectivity index (χ4n) is 2.08. The molecule has 0 radical (unpaired) electrons. The summed E-state index contributed by atoms with van der Waals surface area (Å²) in [7, 11) is -1.50. The van der Waals surface area contributed by atoms with Crippen molar-refractivity contribution < 1.29 is 31.9 Å². The van der Waals surface area contributed by atoms with Crippen molar-refractivity contribution in [2.45, 2.75) is 6.42 Å². The minimum atomic E-state index is -1.50. The van der Waals surface area contributed by atoms with Crippen LogP contribution in [0.3, 0.4) is 0 Å². The molecule has 122 valence electrons. The normalized spacial score (nSPS) is 14.6. The largest absolute Gasteiger partial charge is 2.00 e. The van der Waals surface area contributed by atoms with E-state index in [1.165, 1.54) is 18.2 Å². The molecule has 0 heterocycles. The van der Waals surface area contributed by atoms with Crippen LogP contribution in [0.4, 0.5) is 0 Å². The van der Waals surface area contributed by atoms with Gasteiger partial charge in [-0.3, -0.25) is 4.79 Å². The Morgan fingerprint density at radius 1 is 1.00 bits per heavy atom. The summed E-state index contributed by atoms with van der Waals surface area (Å²) >= 11 is 0. The molecule has 0 atom stereocenters. The summed E-state index contributed by atoms with van der Waals surface area (Å²) in [6.45, 7) is 0. The molecule has 5 heteroatoms. The Morgan fingerprint density at radius 2 is 1.58 bits per heavy atom. The second-order valence-corrected chi connectivity index (χ2v) is 5.16. The third-order valence-corrected chi connectivity index (χ3v) is 3.40. The van der Waals surface area contributed by atoms with Gasteiger partial charge in [0.1, 0.15) is 0 Å². The summed E-state index contributed by atoms with van der Waals surface area (Å²) in [5, 5.41) is 17.9. The van der Waals surface area contributed by atoms with Crippen molar-refractivity contribution in [3.63, 3.8) is 0 Å². The number of rotatable bonds is 4. The SMILES string of the molecule is C1=CCC=C1.O=C(/C=C/C1C=CC=C1)c1ccc(B(O)O)cc1.[Fe+2]. The number of allylic oxidation sites excluding steroid dienone is 10. The van der Waals surface area contributed by atoms with Gasteiger partial charge < -0.3 is 10.0 Å². The summed E-state index contributed by atoms with van der Waals surface area (Å²) in [4.78, 5) is 11.8. The predicted molar refractivity (Wildman–Crippen MR) is 94.4 cm³/mol. The quantitative estimate of drug-likeness (QED) is 0.491. The molecule has 0 saturated heterocycles. The molecule has 0 amide bonds. The van der Waals surface area contributed by atoms with Crippen molar-refractivity contribution in [3.05, 3.63) is 90.6 Å². The first-order valence-electron chi connectivity index (χ1n) is 7.52. The van der Waals surface area contributed by atoms with Crippen molar-refractivity contribution in [1.82, 2.24) is 0 Å². The van der Waals surface area contributed by atoms with E-state index in [4.69, 9.17) is 10.0 Å². The van der Waals surface area contributed by atoms with Crippen LogP contribution in [0.1, 0.15) is 16.8 Å². The fourth-order valence-corrected chi connectivity index (χ4v) is 2.08. The van der Waals surface area contributed by atoms with Gasteiger partial charge in [0.05, 0.1) is 0 Å². The van der Waals surface area contributed by atoms with E-state index < -0.39 is 7.12 Å². The zero-order chi connectivity index (χ0) is 16.5. The first kappa shape index (κ1) is 20.1. The van der Waals surface area contributed by atoms with E-state index in [0.29, 0.717) is 11.0 Å². The second kappa shape index (κ2) is 10.8. The molecule has 0 aliphatic heterocycles. The molecule has 0 aromatic heterocycles. The van der Waals surface area contributed by atoms with E-state index in [9.17, 15) is 4.79 Å². The number of carbonyl (C=O) groups is 1. The molecule has 3 rings (SSSR count). The van der Waals surface area contributed by atoms with Crippen molar-refractivity contribution in [2.24, 2.45) is 5.92 Å². The van der Waals surface area contributed by atoms with Gasteiger partial charge >= 0.3 is 24.2 Å². The molecule has 0 saturated carbocycles. The number of hydrogen-bond donors (Lipinski definition) is 2. The number of hydrogen-bond acceptors (Lipinski definition) is 3.